The Hall–Kier alpha value is -1.88. The zero-order valence-electron chi connectivity index (χ0n) is 12.2. The van der Waals surface area contributed by atoms with Crippen LogP contribution in [-0.2, 0) is 16.1 Å². The Labute approximate surface area is 124 Å². The van der Waals surface area contributed by atoms with Crippen molar-refractivity contribution in [3.8, 4) is 0 Å². The first kappa shape index (κ1) is 14.1. The van der Waals surface area contributed by atoms with Crippen molar-refractivity contribution in [2.24, 2.45) is 5.92 Å². The van der Waals surface area contributed by atoms with E-state index in [1.807, 2.05) is 18.2 Å². The van der Waals surface area contributed by atoms with Crippen molar-refractivity contribution in [1.82, 2.24) is 10.2 Å². The number of nitrogens with one attached hydrogen (secondary N) is 1. The highest BCUT2D eigenvalue weighted by molar-refractivity contribution is 5.91. The normalized spacial score (nSPS) is 25.3. The maximum absolute atomic E-state index is 11.8. The van der Waals surface area contributed by atoms with Crippen LogP contribution in [-0.4, -0.2) is 43.0 Å². The second-order valence-corrected chi connectivity index (χ2v) is 5.68. The van der Waals surface area contributed by atoms with E-state index in [0.29, 0.717) is 18.7 Å². The molecule has 5 nitrogen and oxygen atoms in total. The number of amides is 1. The number of carbonyl (C=O) groups excluding carboxylic acids is 2. The van der Waals surface area contributed by atoms with E-state index in [4.69, 9.17) is 4.74 Å². The Morgan fingerprint density at radius 3 is 3.05 bits per heavy atom. The summed E-state index contributed by atoms with van der Waals surface area (Å²) >= 11 is 0. The number of carbonyl (C=O) groups is 2. The smallest absolute Gasteiger partial charge is 0.338 e. The van der Waals surface area contributed by atoms with Crippen molar-refractivity contribution < 1.29 is 14.3 Å². The molecule has 2 unspecified atom stereocenters. The predicted molar refractivity (Wildman–Crippen MR) is 77.7 cm³/mol. The van der Waals surface area contributed by atoms with E-state index in [1.165, 1.54) is 7.11 Å². The first-order chi connectivity index (χ1) is 10.2. The fraction of sp³-hybridized carbons (Fsp3) is 0.500. The average Bonchev–Trinajstić information content (AvgIpc) is 2.90. The molecule has 0 bridgehead atoms. The standard InChI is InChI=1S/C16H20N2O3/c1-21-16(20)12-6-3-2-5-11(12)10-18-8-4-7-13-14(18)9-17-15(13)19/h2-3,5-6,13-14H,4,7-10H2,1H3,(H,17,19). The van der Waals surface area contributed by atoms with Crippen LogP contribution in [0.3, 0.4) is 0 Å². The molecule has 21 heavy (non-hydrogen) atoms. The number of methoxy groups -OCH3 is 1. The van der Waals surface area contributed by atoms with Gasteiger partial charge in [0.05, 0.1) is 18.6 Å². The highest BCUT2D eigenvalue weighted by atomic mass is 16.5. The number of nitrogens with zero attached hydrogens (tertiary/aromatic N) is 1. The topological polar surface area (TPSA) is 58.6 Å². The Balaban J connectivity index is 1.80. The summed E-state index contributed by atoms with van der Waals surface area (Å²) in [6, 6.07) is 7.77. The SMILES string of the molecule is COC(=O)c1ccccc1CN1CCCC2C(=O)NCC21. The number of esters is 1. The van der Waals surface area contributed by atoms with Crippen LogP contribution in [0.2, 0.25) is 0 Å². The van der Waals surface area contributed by atoms with Crippen molar-refractivity contribution in [3.63, 3.8) is 0 Å². The summed E-state index contributed by atoms with van der Waals surface area (Å²) in [5, 5.41) is 2.95. The summed E-state index contributed by atoms with van der Waals surface area (Å²) in [7, 11) is 1.40. The minimum atomic E-state index is -0.306. The summed E-state index contributed by atoms with van der Waals surface area (Å²) in [5.41, 5.74) is 1.57. The molecule has 0 aliphatic carbocycles. The van der Waals surface area contributed by atoms with Gasteiger partial charge in [0, 0.05) is 19.1 Å². The lowest BCUT2D eigenvalue weighted by Gasteiger charge is -2.36. The molecule has 2 aliphatic rings. The van der Waals surface area contributed by atoms with Crippen LogP contribution >= 0.6 is 0 Å². The second-order valence-electron chi connectivity index (χ2n) is 5.68. The van der Waals surface area contributed by atoms with E-state index >= 15 is 0 Å². The molecule has 0 radical (unpaired) electrons. The molecule has 1 aromatic carbocycles. The molecule has 2 fully saturated rings. The molecule has 2 saturated heterocycles. The first-order valence-electron chi connectivity index (χ1n) is 7.38. The summed E-state index contributed by atoms with van der Waals surface area (Å²) in [6.07, 6.45) is 1.99. The number of hydrogen-bond acceptors (Lipinski definition) is 4. The number of hydrogen-bond donors (Lipinski definition) is 1. The molecule has 3 rings (SSSR count). The molecule has 2 atom stereocenters. The Morgan fingerprint density at radius 2 is 2.24 bits per heavy atom. The second kappa shape index (κ2) is 5.85. The predicted octanol–water partition coefficient (Wildman–Crippen LogP) is 1.18. The highest BCUT2D eigenvalue weighted by Crippen LogP contribution is 2.29. The number of likely N-dealkylation sites (tertiary alicyclic amines) is 1. The largest absolute Gasteiger partial charge is 0.465 e. The van der Waals surface area contributed by atoms with Gasteiger partial charge in [0.15, 0.2) is 0 Å². The monoisotopic (exact) mass is 288 g/mol. The van der Waals surface area contributed by atoms with Gasteiger partial charge in [0.1, 0.15) is 0 Å². The zero-order valence-corrected chi connectivity index (χ0v) is 12.2. The number of ether oxygens (including phenoxy) is 1. The van der Waals surface area contributed by atoms with E-state index in [-0.39, 0.29) is 23.8 Å². The Bertz CT molecular complexity index is 558. The van der Waals surface area contributed by atoms with Gasteiger partial charge in [-0.2, -0.15) is 0 Å². The molecular weight excluding hydrogens is 268 g/mol. The molecule has 2 aliphatic heterocycles. The van der Waals surface area contributed by atoms with Gasteiger partial charge in [-0.05, 0) is 31.0 Å². The van der Waals surface area contributed by atoms with Gasteiger partial charge in [-0.25, -0.2) is 4.79 Å². The van der Waals surface area contributed by atoms with Crippen molar-refractivity contribution in [3.05, 3.63) is 35.4 Å². The van der Waals surface area contributed by atoms with Gasteiger partial charge in [-0.1, -0.05) is 18.2 Å². The summed E-state index contributed by atoms with van der Waals surface area (Å²) in [6.45, 7) is 2.36. The van der Waals surface area contributed by atoms with Crippen molar-refractivity contribution in [2.45, 2.75) is 25.4 Å². The minimum absolute atomic E-state index is 0.101. The molecule has 1 N–H and O–H groups in total. The number of fused-ring (bicyclic) bond motifs is 1. The van der Waals surface area contributed by atoms with Crippen LogP contribution in [0.5, 0.6) is 0 Å². The van der Waals surface area contributed by atoms with E-state index in [9.17, 15) is 9.59 Å². The maximum atomic E-state index is 11.8. The van der Waals surface area contributed by atoms with Gasteiger partial charge in [-0.3, -0.25) is 9.69 Å². The van der Waals surface area contributed by atoms with Crippen LogP contribution in [0.4, 0.5) is 0 Å². The molecule has 112 valence electrons. The Morgan fingerprint density at radius 1 is 1.43 bits per heavy atom. The van der Waals surface area contributed by atoms with E-state index in [0.717, 1.165) is 24.9 Å². The van der Waals surface area contributed by atoms with Gasteiger partial charge in [0.25, 0.3) is 0 Å². The quantitative estimate of drug-likeness (QED) is 0.849. The number of piperidine rings is 1. The minimum Gasteiger partial charge on any atom is -0.465 e. The third-order valence-corrected chi connectivity index (χ3v) is 4.51. The van der Waals surface area contributed by atoms with E-state index < -0.39 is 0 Å². The highest BCUT2D eigenvalue weighted by Gasteiger charge is 2.40. The van der Waals surface area contributed by atoms with Crippen molar-refractivity contribution in [2.75, 3.05) is 20.2 Å². The molecule has 5 heteroatoms. The molecule has 1 aromatic rings. The van der Waals surface area contributed by atoms with Gasteiger partial charge >= 0.3 is 5.97 Å². The Kier molecular flexibility index (Phi) is 3.92. The molecule has 0 aromatic heterocycles. The summed E-state index contributed by atoms with van der Waals surface area (Å²) < 4.78 is 4.85. The fourth-order valence-electron chi connectivity index (χ4n) is 3.42. The third kappa shape index (κ3) is 2.65. The van der Waals surface area contributed by atoms with E-state index in [1.54, 1.807) is 6.07 Å². The van der Waals surface area contributed by atoms with Crippen LogP contribution in [0, 0.1) is 5.92 Å². The van der Waals surface area contributed by atoms with Crippen molar-refractivity contribution >= 4 is 11.9 Å². The summed E-state index contributed by atoms with van der Waals surface area (Å²) in [5.74, 6) is -0.0326. The van der Waals surface area contributed by atoms with Crippen LogP contribution in [0.1, 0.15) is 28.8 Å². The van der Waals surface area contributed by atoms with Crippen molar-refractivity contribution in [1.29, 1.82) is 0 Å². The molecule has 0 spiro atoms. The lowest BCUT2D eigenvalue weighted by atomic mass is 9.91. The van der Waals surface area contributed by atoms with E-state index in [2.05, 4.69) is 10.2 Å². The molecule has 0 saturated carbocycles. The average molecular weight is 288 g/mol. The lowest BCUT2D eigenvalue weighted by Crippen LogP contribution is -2.45. The lowest BCUT2D eigenvalue weighted by molar-refractivity contribution is -0.124. The third-order valence-electron chi connectivity index (χ3n) is 4.51. The van der Waals surface area contributed by atoms with Crippen LogP contribution in [0.15, 0.2) is 24.3 Å². The maximum Gasteiger partial charge on any atom is 0.338 e. The van der Waals surface area contributed by atoms with Crippen LogP contribution in [0.25, 0.3) is 0 Å². The first-order valence-corrected chi connectivity index (χ1v) is 7.38. The zero-order chi connectivity index (χ0) is 14.8. The molecular formula is C16H20N2O3. The number of benzene rings is 1. The number of rotatable bonds is 3. The van der Waals surface area contributed by atoms with Crippen LogP contribution < -0.4 is 5.32 Å². The fourth-order valence-corrected chi connectivity index (χ4v) is 3.42. The van der Waals surface area contributed by atoms with Gasteiger partial charge < -0.3 is 10.1 Å². The van der Waals surface area contributed by atoms with Gasteiger partial charge in [0.2, 0.25) is 5.91 Å². The van der Waals surface area contributed by atoms with Gasteiger partial charge in [-0.15, -0.1) is 0 Å². The molecule has 2 heterocycles. The summed E-state index contributed by atoms with van der Waals surface area (Å²) in [4.78, 5) is 26.0. The molecule has 1 amide bonds.